The second-order valence-corrected chi connectivity index (χ2v) is 6.64. The summed E-state index contributed by atoms with van der Waals surface area (Å²) in [6.07, 6.45) is 0.669. The lowest BCUT2D eigenvalue weighted by Crippen LogP contribution is -2.44. The average molecular weight is 404 g/mol. The van der Waals surface area contributed by atoms with Crippen molar-refractivity contribution >= 4 is 41.0 Å². The SMILES string of the molecule is CN(CC(=O)N[C@@H](CCCN=C(N)N)C(=O)O)Cc1ccc(Cl)c(Cl)c1. The maximum absolute atomic E-state index is 12.1. The van der Waals surface area contributed by atoms with Gasteiger partial charge in [-0.1, -0.05) is 29.3 Å². The highest BCUT2D eigenvalue weighted by atomic mass is 35.5. The van der Waals surface area contributed by atoms with Gasteiger partial charge in [0.15, 0.2) is 5.96 Å². The fraction of sp³-hybridized carbons (Fsp3) is 0.438. The standard InChI is InChI=1S/C16H23Cl2N5O3/c1-23(8-10-4-5-11(17)12(18)7-10)9-14(24)22-13(15(25)26)3-2-6-21-16(19)20/h4-5,7,13H,2-3,6,8-9H2,1H3,(H,22,24)(H,25,26)(H4,19,20,21)/t13-/m0/s1. The molecule has 1 rings (SSSR count). The molecule has 0 bridgehead atoms. The van der Waals surface area contributed by atoms with Crippen molar-refractivity contribution < 1.29 is 14.7 Å². The third-order valence-corrected chi connectivity index (χ3v) is 4.17. The molecule has 0 aliphatic carbocycles. The Morgan fingerprint density at radius 1 is 1.31 bits per heavy atom. The number of carbonyl (C=O) groups excluding carboxylic acids is 1. The average Bonchev–Trinajstić information content (AvgIpc) is 2.53. The number of aliphatic carboxylic acids is 1. The number of amides is 1. The molecule has 1 atom stereocenters. The van der Waals surface area contributed by atoms with Crippen molar-refractivity contribution in [2.75, 3.05) is 20.1 Å². The molecular formula is C16H23Cl2N5O3. The monoisotopic (exact) mass is 403 g/mol. The third-order valence-electron chi connectivity index (χ3n) is 3.43. The van der Waals surface area contributed by atoms with Gasteiger partial charge >= 0.3 is 5.97 Å². The number of aliphatic imine (C=N–C) groups is 1. The van der Waals surface area contributed by atoms with E-state index in [0.717, 1.165) is 5.56 Å². The third kappa shape index (κ3) is 8.37. The molecule has 0 saturated carbocycles. The van der Waals surface area contributed by atoms with Crippen LogP contribution in [0.3, 0.4) is 0 Å². The molecule has 144 valence electrons. The predicted octanol–water partition coefficient (Wildman–Crippen LogP) is 1.05. The molecule has 1 aromatic carbocycles. The van der Waals surface area contributed by atoms with Crippen LogP contribution in [-0.2, 0) is 16.1 Å². The molecule has 0 fully saturated rings. The number of rotatable bonds is 10. The van der Waals surface area contributed by atoms with E-state index in [4.69, 9.17) is 34.7 Å². The van der Waals surface area contributed by atoms with Crippen molar-refractivity contribution in [3.8, 4) is 0 Å². The van der Waals surface area contributed by atoms with Crippen LogP contribution in [0.25, 0.3) is 0 Å². The normalized spacial score (nSPS) is 11.8. The summed E-state index contributed by atoms with van der Waals surface area (Å²) < 4.78 is 0. The highest BCUT2D eigenvalue weighted by molar-refractivity contribution is 6.42. The fourth-order valence-electron chi connectivity index (χ4n) is 2.25. The zero-order chi connectivity index (χ0) is 19.7. The summed E-state index contributed by atoms with van der Waals surface area (Å²) in [7, 11) is 1.75. The number of carboxylic acids is 1. The molecule has 10 heteroatoms. The van der Waals surface area contributed by atoms with Crippen molar-refractivity contribution in [1.82, 2.24) is 10.2 Å². The zero-order valence-corrected chi connectivity index (χ0v) is 15.9. The molecule has 0 radical (unpaired) electrons. The van der Waals surface area contributed by atoms with Gasteiger partial charge in [-0.15, -0.1) is 0 Å². The Labute approximate surface area is 162 Å². The number of likely N-dealkylation sites (N-methyl/N-ethyl adjacent to an activating group) is 1. The van der Waals surface area contributed by atoms with Gasteiger partial charge in [0.25, 0.3) is 0 Å². The number of nitrogens with two attached hydrogens (primary N) is 2. The lowest BCUT2D eigenvalue weighted by atomic mass is 10.1. The van der Waals surface area contributed by atoms with Crippen LogP contribution >= 0.6 is 23.2 Å². The van der Waals surface area contributed by atoms with E-state index in [2.05, 4.69) is 10.3 Å². The van der Waals surface area contributed by atoms with Gasteiger partial charge in [-0.3, -0.25) is 14.7 Å². The Morgan fingerprint density at radius 3 is 2.58 bits per heavy atom. The Hall–Kier alpha value is -2.03. The smallest absolute Gasteiger partial charge is 0.326 e. The molecule has 8 nitrogen and oxygen atoms in total. The van der Waals surface area contributed by atoms with E-state index in [1.807, 2.05) is 6.07 Å². The van der Waals surface area contributed by atoms with Crippen LogP contribution in [0.15, 0.2) is 23.2 Å². The van der Waals surface area contributed by atoms with Crippen LogP contribution in [0.4, 0.5) is 0 Å². The van der Waals surface area contributed by atoms with Crippen LogP contribution < -0.4 is 16.8 Å². The number of benzene rings is 1. The van der Waals surface area contributed by atoms with E-state index in [1.54, 1.807) is 24.1 Å². The summed E-state index contributed by atoms with van der Waals surface area (Å²) >= 11 is 11.8. The van der Waals surface area contributed by atoms with Crippen LogP contribution in [0, 0.1) is 0 Å². The van der Waals surface area contributed by atoms with Crippen molar-refractivity contribution in [1.29, 1.82) is 0 Å². The predicted molar refractivity (Wildman–Crippen MR) is 102 cm³/mol. The Bertz CT molecular complexity index is 665. The Balaban J connectivity index is 2.49. The molecule has 0 spiro atoms. The molecular weight excluding hydrogens is 381 g/mol. The summed E-state index contributed by atoms with van der Waals surface area (Å²) in [5.74, 6) is -1.54. The first-order valence-corrected chi connectivity index (χ1v) is 8.64. The van der Waals surface area contributed by atoms with Crippen molar-refractivity contribution in [3.63, 3.8) is 0 Å². The molecule has 1 aromatic rings. The molecule has 6 N–H and O–H groups in total. The molecule has 0 aromatic heterocycles. The summed E-state index contributed by atoms with van der Waals surface area (Å²) in [6, 6.07) is 4.23. The molecule has 26 heavy (non-hydrogen) atoms. The molecule has 0 unspecified atom stereocenters. The first kappa shape index (κ1) is 22.0. The van der Waals surface area contributed by atoms with Gasteiger partial charge in [0.1, 0.15) is 6.04 Å². The quantitative estimate of drug-likeness (QED) is 0.262. The number of nitrogens with one attached hydrogen (secondary N) is 1. The lowest BCUT2D eigenvalue weighted by molar-refractivity contribution is -0.142. The van der Waals surface area contributed by atoms with E-state index in [9.17, 15) is 14.7 Å². The number of nitrogens with zero attached hydrogens (tertiary/aromatic N) is 2. The van der Waals surface area contributed by atoms with Crippen LogP contribution in [0.5, 0.6) is 0 Å². The van der Waals surface area contributed by atoms with Gasteiger partial charge in [-0.05, 0) is 37.6 Å². The number of hydrogen-bond donors (Lipinski definition) is 4. The Kier molecular flexibility index (Phi) is 9.18. The summed E-state index contributed by atoms with van der Waals surface area (Å²) in [4.78, 5) is 28.9. The molecule has 0 aliphatic heterocycles. The van der Waals surface area contributed by atoms with E-state index in [0.29, 0.717) is 29.6 Å². The van der Waals surface area contributed by atoms with Crippen molar-refractivity contribution in [2.45, 2.75) is 25.4 Å². The molecule has 0 saturated heterocycles. The number of carboxylic acid groups (broad SMARTS) is 1. The minimum atomic E-state index is -1.10. The topological polar surface area (TPSA) is 134 Å². The van der Waals surface area contributed by atoms with Crippen LogP contribution in [0.2, 0.25) is 10.0 Å². The van der Waals surface area contributed by atoms with Crippen molar-refractivity contribution in [3.05, 3.63) is 33.8 Å². The van der Waals surface area contributed by atoms with Gasteiger partial charge in [0.2, 0.25) is 5.91 Å². The van der Waals surface area contributed by atoms with Gasteiger partial charge < -0.3 is 21.9 Å². The first-order chi connectivity index (χ1) is 12.2. The minimum Gasteiger partial charge on any atom is -0.480 e. The second kappa shape index (κ2) is 10.8. The van der Waals surface area contributed by atoms with Gasteiger partial charge in [0, 0.05) is 13.1 Å². The minimum absolute atomic E-state index is 0.0396. The highest BCUT2D eigenvalue weighted by Gasteiger charge is 2.20. The summed E-state index contributed by atoms with van der Waals surface area (Å²) in [5.41, 5.74) is 11.3. The summed E-state index contributed by atoms with van der Waals surface area (Å²) in [5, 5.41) is 12.6. The maximum atomic E-state index is 12.1. The summed E-state index contributed by atoms with van der Waals surface area (Å²) in [6.45, 7) is 0.809. The van der Waals surface area contributed by atoms with E-state index in [-0.39, 0.29) is 24.8 Å². The molecule has 0 heterocycles. The number of guanidine groups is 1. The molecule has 0 aliphatic rings. The highest BCUT2D eigenvalue weighted by Crippen LogP contribution is 2.23. The van der Waals surface area contributed by atoms with Gasteiger partial charge in [0.05, 0.1) is 16.6 Å². The number of halogens is 2. The van der Waals surface area contributed by atoms with Crippen LogP contribution in [0.1, 0.15) is 18.4 Å². The number of carbonyl (C=O) groups is 2. The Morgan fingerprint density at radius 2 is 2.00 bits per heavy atom. The fourth-order valence-corrected chi connectivity index (χ4v) is 2.57. The van der Waals surface area contributed by atoms with Crippen LogP contribution in [-0.4, -0.2) is 54.0 Å². The van der Waals surface area contributed by atoms with Gasteiger partial charge in [-0.25, -0.2) is 4.79 Å². The maximum Gasteiger partial charge on any atom is 0.326 e. The zero-order valence-electron chi connectivity index (χ0n) is 14.4. The second-order valence-electron chi connectivity index (χ2n) is 5.83. The lowest BCUT2D eigenvalue weighted by Gasteiger charge is -2.19. The van der Waals surface area contributed by atoms with E-state index in [1.165, 1.54) is 0 Å². The van der Waals surface area contributed by atoms with E-state index < -0.39 is 12.0 Å². The van der Waals surface area contributed by atoms with Gasteiger partial charge in [-0.2, -0.15) is 0 Å². The largest absolute Gasteiger partial charge is 0.480 e. The number of hydrogen-bond acceptors (Lipinski definition) is 4. The molecule has 1 amide bonds. The first-order valence-electron chi connectivity index (χ1n) is 7.89. The van der Waals surface area contributed by atoms with Crippen molar-refractivity contribution in [2.24, 2.45) is 16.5 Å². The van der Waals surface area contributed by atoms with E-state index >= 15 is 0 Å².